The van der Waals surface area contributed by atoms with Crippen LogP contribution in [0.4, 0.5) is 0 Å². The van der Waals surface area contributed by atoms with Gasteiger partial charge >= 0.3 is 0 Å². The molecule has 0 aromatic heterocycles. The molecule has 154 valence electrons. The predicted octanol–water partition coefficient (Wildman–Crippen LogP) is 2.64. The fourth-order valence-electron chi connectivity index (χ4n) is 4.35. The smallest absolute Gasteiger partial charge is 0.253 e. The lowest BCUT2D eigenvalue weighted by Gasteiger charge is -2.52. The Hall–Kier alpha value is -3.17. The van der Waals surface area contributed by atoms with E-state index in [0.29, 0.717) is 5.56 Å². The van der Waals surface area contributed by atoms with Crippen LogP contribution < -0.4 is 0 Å². The Morgan fingerprint density at radius 1 is 1.17 bits per heavy atom. The van der Waals surface area contributed by atoms with Crippen LogP contribution in [0.15, 0.2) is 48.5 Å². The van der Waals surface area contributed by atoms with E-state index < -0.39 is 12.1 Å². The monoisotopic (exact) mass is 403 g/mol. The van der Waals surface area contributed by atoms with E-state index in [4.69, 9.17) is 0 Å². The molecule has 2 fully saturated rings. The lowest BCUT2D eigenvalue weighted by molar-refractivity contribution is -0.148. The number of hydrogen-bond donors (Lipinski definition) is 1. The summed E-state index contributed by atoms with van der Waals surface area (Å²) in [7, 11) is 3.43. The van der Waals surface area contributed by atoms with Crippen LogP contribution in [-0.4, -0.2) is 59.5 Å². The number of likely N-dealkylation sites (tertiary alicyclic amines) is 1. The molecular weight excluding hydrogens is 378 g/mol. The molecule has 1 saturated carbocycles. The summed E-state index contributed by atoms with van der Waals surface area (Å²) < 4.78 is 0. The predicted molar refractivity (Wildman–Crippen MR) is 112 cm³/mol. The summed E-state index contributed by atoms with van der Waals surface area (Å²) >= 11 is 0. The first-order valence-corrected chi connectivity index (χ1v) is 10.2. The number of hydrogen-bond acceptors (Lipinski definition) is 4. The normalized spacial score (nSPS) is 22.7. The standard InChI is InChI=1S/C24H25N3O3/c1-26(2)23(29)17-7-5-6-16(12-17)18-8-3-4-9-19(18)22-20(13-25)27(21(22)14-28)24(30)15-10-11-15/h3-9,12,15,20-22,28H,10-11,14H2,1-2H3/t20-,21+,22-/m0/s1. The van der Waals surface area contributed by atoms with Crippen LogP contribution >= 0.6 is 0 Å². The fraction of sp³-hybridized carbons (Fsp3) is 0.375. The molecule has 3 atom stereocenters. The van der Waals surface area contributed by atoms with E-state index in [1.807, 2.05) is 42.5 Å². The molecule has 2 aromatic rings. The highest BCUT2D eigenvalue weighted by Gasteiger charge is 2.54. The second kappa shape index (κ2) is 7.92. The molecule has 4 rings (SSSR count). The van der Waals surface area contributed by atoms with Crippen molar-refractivity contribution in [1.29, 1.82) is 5.26 Å². The quantitative estimate of drug-likeness (QED) is 0.832. The molecule has 2 aromatic carbocycles. The number of carbonyl (C=O) groups is 2. The van der Waals surface area contributed by atoms with Gasteiger partial charge in [0, 0.05) is 31.5 Å². The molecule has 0 spiro atoms. The van der Waals surface area contributed by atoms with Gasteiger partial charge in [0.25, 0.3) is 5.91 Å². The highest BCUT2D eigenvalue weighted by molar-refractivity contribution is 5.95. The summed E-state index contributed by atoms with van der Waals surface area (Å²) in [5.41, 5.74) is 3.28. The molecule has 1 heterocycles. The Morgan fingerprint density at radius 3 is 2.53 bits per heavy atom. The van der Waals surface area contributed by atoms with Gasteiger partial charge in [0.1, 0.15) is 6.04 Å². The first-order valence-electron chi connectivity index (χ1n) is 10.2. The van der Waals surface area contributed by atoms with E-state index in [1.54, 1.807) is 25.1 Å². The zero-order valence-electron chi connectivity index (χ0n) is 17.2. The Balaban J connectivity index is 1.72. The van der Waals surface area contributed by atoms with Gasteiger partial charge in [0.05, 0.1) is 18.7 Å². The highest BCUT2D eigenvalue weighted by atomic mass is 16.3. The van der Waals surface area contributed by atoms with Crippen molar-refractivity contribution < 1.29 is 14.7 Å². The molecular formula is C24H25N3O3. The number of aliphatic hydroxyl groups excluding tert-OH is 1. The van der Waals surface area contributed by atoms with Gasteiger partial charge in [-0.1, -0.05) is 36.4 Å². The van der Waals surface area contributed by atoms with E-state index in [9.17, 15) is 20.0 Å². The van der Waals surface area contributed by atoms with E-state index in [0.717, 1.165) is 29.5 Å². The summed E-state index contributed by atoms with van der Waals surface area (Å²) in [5.74, 6) is -0.373. The van der Waals surface area contributed by atoms with Crippen molar-refractivity contribution in [2.75, 3.05) is 20.7 Å². The van der Waals surface area contributed by atoms with Gasteiger partial charge < -0.3 is 14.9 Å². The Labute approximate surface area is 176 Å². The molecule has 6 nitrogen and oxygen atoms in total. The Kier molecular flexibility index (Phi) is 5.31. The van der Waals surface area contributed by atoms with Crippen molar-refractivity contribution in [2.24, 2.45) is 5.92 Å². The summed E-state index contributed by atoms with van der Waals surface area (Å²) in [6.45, 7) is -0.186. The minimum absolute atomic E-state index is 0.000166. The average molecular weight is 403 g/mol. The topological polar surface area (TPSA) is 84.6 Å². The van der Waals surface area contributed by atoms with Crippen LogP contribution in [0, 0.1) is 17.2 Å². The second-order valence-electron chi connectivity index (χ2n) is 8.24. The van der Waals surface area contributed by atoms with Gasteiger partial charge in [-0.05, 0) is 41.7 Å². The van der Waals surface area contributed by atoms with E-state index in [-0.39, 0.29) is 30.3 Å². The van der Waals surface area contributed by atoms with Gasteiger partial charge in [-0.25, -0.2) is 0 Å². The molecule has 0 unspecified atom stereocenters. The number of amides is 2. The molecule has 0 radical (unpaired) electrons. The maximum atomic E-state index is 12.7. The van der Waals surface area contributed by atoms with Crippen LogP contribution in [0.25, 0.3) is 11.1 Å². The highest BCUT2D eigenvalue weighted by Crippen LogP contribution is 2.46. The Bertz CT molecular complexity index is 1020. The van der Waals surface area contributed by atoms with Gasteiger partial charge in [-0.2, -0.15) is 5.26 Å². The number of nitrogens with zero attached hydrogens (tertiary/aromatic N) is 3. The first-order chi connectivity index (χ1) is 14.5. The molecule has 6 heteroatoms. The third-order valence-corrected chi connectivity index (χ3v) is 6.06. The van der Waals surface area contributed by atoms with Crippen molar-refractivity contribution >= 4 is 11.8 Å². The molecule has 1 aliphatic carbocycles. The maximum absolute atomic E-state index is 12.7. The molecule has 30 heavy (non-hydrogen) atoms. The lowest BCUT2D eigenvalue weighted by Crippen LogP contribution is -2.65. The first kappa shape index (κ1) is 20.1. The maximum Gasteiger partial charge on any atom is 0.253 e. The largest absolute Gasteiger partial charge is 0.394 e. The van der Waals surface area contributed by atoms with Crippen molar-refractivity contribution in [3.05, 3.63) is 59.7 Å². The van der Waals surface area contributed by atoms with Gasteiger partial charge in [0.15, 0.2) is 0 Å². The van der Waals surface area contributed by atoms with E-state index >= 15 is 0 Å². The van der Waals surface area contributed by atoms with Crippen molar-refractivity contribution in [2.45, 2.75) is 30.8 Å². The van der Waals surface area contributed by atoms with Crippen molar-refractivity contribution in [1.82, 2.24) is 9.80 Å². The zero-order valence-corrected chi connectivity index (χ0v) is 17.2. The van der Waals surface area contributed by atoms with Gasteiger partial charge in [-0.3, -0.25) is 9.59 Å². The summed E-state index contributed by atoms with van der Waals surface area (Å²) in [6, 6.07) is 16.4. The minimum Gasteiger partial charge on any atom is -0.394 e. The van der Waals surface area contributed by atoms with Crippen LogP contribution in [0.2, 0.25) is 0 Å². The molecule has 2 aliphatic rings. The molecule has 1 saturated heterocycles. The number of benzene rings is 2. The van der Waals surface area contributed by atoms with Crippen molar-refractivity contribution in [3.8, 4) is 17.2 Å². The van der Waals surface area contributed by atoms with Crippen molar-refractivity contribution in [3.63, 3.8) is 0 Å². The third kappa shape index (κ3) is 3.35. The molecule has 1 aliphatic heterocycles. The van der Waals surface area contributed by atoms with Gasteiger partial charge in [-0.15, -0.1) is 0 Å². The van der Waals surface area contributed by atoms with Gasteiger partial charge in [0.2, 0.25) is 5.91 Å². The number of aliphatic hydroxyl groups is 1. The summed E-state index contributed by atoms with van der Waals surface area (Å²) in [6.07, 6.45) is 1.72. The fourth-order valence-corrected chi connectivity index (χ4v) is 4.35. The SMILES string of the molecule is CN(C)C(=O)c1cccc(-c2ccccc2[C@@H]2[C@@H](CO)N(C(=O)C3CC3)[C@H]2C#N)c1. The molecule has 0 bridgehead atoms. The minimum atomic E-state index is -0.594. The van der Waals surface area contributed by atoms with E-state index in [2.05, 4.69) is 6.07 Å². The summed E-state index contributed by atoms with van der Waals surface area (Å²) in [4.78, 5) is 28.2. The van der Waals surface area contributed by atoms with Crippen LogP contribution in [-0.2, 0) is 4.79 Å². The van der Waals surface area contributed by atoms with Crippen LogP contribution in [0.3, 0.4) is 0 Å². The second-order valence-corrected chi connectivity index (χ2v) is 8.24. The van der Waals surface area contributed by atoms with Crippen LogP contribution in [0.5, 0.6) is 0 Å². The summed E-state index contributed by atoms with van der Waals surface area (Å²) in [5, 5.41) is 19.9. The zero-order chi connectivity index (χ0) is 21.4. The number of carbonyl (C=O) groups excluding carboxylic acids is 2. The average Bonchev–Trinajstić information content (AvgIpc) is 3.59. The van der Waals surface area contributed by atoms with E-state index in [1.165, 1.54) is 4.90 Å². The lowest BCUT2D eigenvalue weighted by atomic mass is 9.73. The number of rotatable bonds is 5. The van der Waals surface area contributed by atoms with Crippen LogP contribution in [0.1, 0.15) is 34.7 Å². The number of nitriles is 1. The Morgan fingerprint density at radius 2 is 1.90 bits per heavy atom. The molecule has 2 amide bonds. The molecule has 1 N–H and O–H groups in total. The third-order valence-electron chi connectivity index (χ3n) is 6.06.